The van der Waals surface area contributed by atoms with Gasteiger partial charge in [-0.15, -0.1) is 11.8 Å². The minimum atomic E-state index is -0.622. The van der Waals surface area contributed by atoms with Crippen LogP contribution < -0.4 is 0 Å². The van der Waals surface area contributed by atoms with Crippen molar-refractivity contribution in [1.29, 1.82) is 0 Å². The summed E-state index contributed by atoms with van der Waals surface area (Å²) >= 11 is 1.46. The maximum absolute atomic E-state index is 13.8. The molecule has 0 heterocycles. The number of halogens is 1. The molecule has 0 N–H and O–H groups in total. The first-order chi connectivity index (χ1) is 13.3. The molecular formula is C24H27FO2S. The second-order valence-electron chi connectivity index (χ2n) is 8.07. The molecule has 1 aliphatic rings. The number of carbonyl (C=O) groups is 2. The van der Waals surface area contributed by atoms with E-state index in [9.17, 15) is 14.0 Å². The van der Waals surface area contributed by atoms with Crippen LogP contribution in [-0.2, 0) is 9.59 Å². The lowest BCUT2D eigenvalue weighted by atomic mass is 9.71. The zero-order chi connectivity index (χ0) is 20.4. The number of thioether (sulfide) groups is 1. The minimum absolute atomic E-state index is 0.0269. The summed E-state index contributed by atoms with van der Waals surface area (Å²) in [4.78, 5) is 26.5. The molecule has 1 saturated carbocycles. The van der Waals surface area contributed by atoms with Gasteiger partial charge >= 0.3 is 0 Å². The Morgan fingerprint density at radius 3 is 2.18 bits per heavy atom. The number of rotatable bonds is 5. The van der Waals surface area contributed by atoms with Crippen LogP contribution >= 0.6 is 11.8 Å². The molecule has 0 bridgehead atoms. The van der Waals surface area contributed by atoms with Crippen LogP contribution in [-0.4, -0.2) is 17.3 Å². The molecule has 1 aliphatic carbocycles. The van der Waals surface area contributed by atoms with Crippen LogP contribution in [0.1, 0.15) is 47.9 Å². The maximum Gasteiger partial charge on any atom is 0.148 e. The Morgan fingerprint density at radius 2 is 1.61 bits per heavy atom. The van der Waals surface area contributed by atoms with Crippen LogP contribution in [0.4, 0.5) is 4.39 Å². The van der Waals surface area contributed by atoms with Gasteiger partial charge in [-0.1, -0.05) is 36.8 Å². The third-order valence-corrected chi connectivity index (χ3v) is 7.08. The van der Waals surface area contributed by atoms with Gasteiger partial charge in [0.05, 0.1) is 0 Å². The number of aryl methyl sites for hydroxylation is 3. The first-order valence-corrected chi connectivity index (χ1v) is 10.8. The van der Waals surface area contributed by atoms with Crippen molar-refractivity contribution < 1.29 is 14.0 Å². The van der Waals surface area contributed by atoms with Crippen molar-refractivity contribution in [3.63, 3.8) is 0 Å². The zero-order valence-electron chi connectivity index (χ0n) is 16.9. The fourth-order valence-corrected chi connectivity index (χ4v) is 5.39. The second-order valence-corrected chi connectivity index (χ2v) is 9.13. The molecule has 0 saturated heterocycles. The average molecular weight is 399 g/mol. The van der Waals surface area contributed by atoms with E-state index in [0.717, 1.165) is 22.3 Å². The van der Waals surface area contributed by atoms with Gasteiger partial charge in [-0.05, 0) is 61.4 Å². The van der Waals surface area contributed by atoms with Crippen LogP contribution in [0.5, 0.6) is 0 Å². The highest BCUT2D eigenvalue weighted by Gasteiger charge is 2.39. The molecule has 28 heavy (non-hydrogen) atoms. The summed E-state index contributed by atoms with van der Waals surface area (Å²) in [5.74, 6) is 0.0990. The van der Waals surface area contributed by atoms with Crippen LogP contribution in [0.15, 0.2) is 41.3 Å². The van der Waals surface area contributed by atoms with Crippen molar-refractivity contribution in [1.82, 2.24) is 0 Å². The quantitative estimate of drug-likeness (QED) is 0.471. The van der Waals surface area contributed by atoms with Gasteiger partial charge in [-0.25, -0.2) is 4.39 Å². The Morgan fingerprint density at radius 1 is 1.04 bits per heavy atom. The van der Waals surface area contributed by atoms with E-state index in [1.165, 1.54) is 17.8 Å². The number of hydrogen-bond donors (Lipinski definition) is 0. The predicted octanol–water partition coefficient (Wildman–Crippen LogP) is 5.81. The first kappa shape index (κ1) is 20.8. The van der Waals surface area contributed by atoms with Gasteiger partial charge in [0.15, 0.2) is 0 Å². The number of benzene rings is 2. The van der Waals surface area contributed by atoms with E-state index >= 15 is 0 Å². The molecule has 1 fully saturated rings. The van der Waals surface area contributed by atoms with Crippen molar-refractivity contribution in [3.8, 4) is 0 Å². The van der Waals surface area contributed by atoms with Crippen molar-refractivity contribution >= 4 is 23.3 Å². The standard InChI is InChI=1S/C24H27FO2S/c1-14-9-15(2)23(16(3)10-14)24-20(26)11-18(12-21(24)27)17(4)13-28-22-8-6-5-7-19(22)25/h5-10,17-18,24H,11-13H2,1-4H3. The van der Waals surface area contributed by atoms with E-state index in [2.05, 4.69) is 6.92 Å². The van der Waals surface area contributed by atoms with Gasteiger partial charge in [0.25, 0.3) is 0 Å². The normalized spacial score (nSPS) is 21.0. The Bertz CT molecular complexity index is 864. The summed E-state index contributed by atoms with van der Waals surface area (Å²) in [5.41, 5.74) is 4.08. The number of Topliss-reactive ketones (excluding diaryl/α,β-unsaturated/α-hetero) is 2. The number of carbonyl (C=O) groups excluding carboxylic acids is 2. The first-order valence-electron chi connectivity index (χ1n) is 9.78. The molecule has 148 valence electrons. The third kappa shape index (κ3) is 4.38. The molecule has 1 unspecified atom stereocenters. The summed E-state index contributed by atoms with van der Waals surface area (Å²) in [6, 6.07) is 10.8. The summed E-state index contributed by atoms with van der Waals surface area (Å²) in [7, 11) is 0. The van der Waals surface area contributed by atoms with E-state index in [1.807, 2.05) is 39.0 Å². The van der Waals surface area contributed by atoms with Gasteiger partial charge in [0.2, 0.25) is 0 Å². The smallest absolute Gasteiger partial charge is 0.148 e. The Kier molecular flexibility index (Phi) is 6.39. The molecule has 1 atom stereocenters. The molecule has 0 spiro atoms. The highest BCUT2D eigenvalue weighted by atomic mass is 32.2. The van der Waals surface area contributed by atoms with Gasteiger partial charge in [0, 0.05) is 23.5 Å². The van der Waals surface area contributed by atoms with Gasteiger partial charge in [0.1, 0.15) is 23.3 Å². The highest BCUT2D eigenvalue weighted by Crippen LogP contribution is 2.38. The zero-order valence-corrected chi connectivity index (χ0v) is 17.7. The molecule has 2 aromatic carbocycles. The topological polar surface area (TPSA) is 34.1 Å². The van der Waals surface area contributed by atoms with Gasteiger partial charge < -0.3 is 0 Å². The Balaban J connectivity index is 1.70. The maximum atomic E-state index is 13.8. The van der Waals surface area contributed by atoms with E-state index in [1.54, 1.807) is 12.1 Å². The van der Waals surface area contributed by atoms with Crippen molar-refractivity contribution in [2.24, 2.45) is 11.8 Å². The predicted molar refractivity (Wildman–Crippen MR) is 112 cm³/mol. The second kappa shape index (κ2) is 8.60. The van der Waals surface area contributed by atoms with Gasteiger partial charge in [-0.3, -0.25) is 9.59 Å². The van der Waals surface area contributed by atoms with Crippen molar-refractivity contribution in [3.05, 3.63) is 64.5 Å². The average Bonchev–Trinajstić information content (AvgIpc) is 2.62. The largest absolute Gasteiger partial charge is 0.299 e. The Labute approximate surface area is 170 Å². The fourth-order valence-electron chi connectivity index (χ4n) is 4.29. The number of hydrogen-bond acceptors (Lipinski definition) is 3. The summed E-state index contributed by atoms with van der Waals surface area (Å²) < 4.78 is 13.8. The molecule has 2 nitrogen and oxygen atoms in total. The molecule has 3 rings (SSSR count). The minimum Gasteiger partial charge on any atom is -0.299 e. The molecule has 2 aromatic rings. The molecule has 0 radical (unpaired) electrons. The molecule has 0 amide bonds. The lowest BCUT2D eigenvalue weighted by Crippen LogP contribution is -2.35. The monoisotopic (exact) mass is 398 g/mol. The van der Waals surface area contributed by atoms with Crippen molar-refractivity contribution in [2.75, 3.05) is 5.75 Å². The number of ketones is 2. The van der Waals surface area contributed by atoms with E-state index in [-0.39, 0.29) is 29.2 Å². The van der Waals surface area contributed by atoms with Crippen LogP contribution in [0.2, 0.25) is 0 Å². The van der Waals surface area contributed by atoms with E-state index in [4.69, 9.17) is 0 Å². The van der Waals surface area contributed by atoms with Crippen LogP contribution in [0.3, 0.4) is 0 Å². The summed E-state index contributed by atoms with van der Waals surface area (Å²) in [5, 5.41) is 0. The van der Waals surface area contributed by atoms with E-state index in [0.29, 0.717) is 23.5 Å². The highest BCUT2D eigenvalue weighted by molar-refractivity contribution is 7.99. The SMILES string of the molecule is Cc1cc(C)c(C2C(=O)CC(C(C)CSc3ccccc3F)CC2=O)c(C)c1. The third-order valence-electron chi connectivity index (χ3n) is 5.74. The van der Waals surface area contributed by atoms with Crippen LogP contribution in [0.25, 0.3) is 0 Å². The molecule has 0 aromatic heterocycles. The van der Waals surface area contributed by atoms with Crippen LogP contribution in [0, 0.1) is 38.4 Å². The lowest BCUT2D eigenvalue weighted by Gasteiger charge is -2.31. The Hall–Kier alpha value is -1.94. The molecule has 0 aliphatic heterocycles. The lowest BCUT2D eigenvalue weighted by molar-refractivity contribution is -0.134. The summed E-state index contributed by atoms with van der Waals surface area (Å²) in [6.07, 6.45) is 0.838. The fraction of sp³-hybridized carbons (Fsp3) is 0.417. The van der Waals surface area contributed by atoms with Crippen molar-refractivity contribution in [2.45, 2.75) is 51.3 Å². The summed E-state index contributed by atoms with van der Waals surface area (Å²) in [6.45, 7) is 8.05. The van der Waals surface area contributed by atoms with E-state index < -0.39 is 5.92 Å². The van der Waals surface area contributed by atoms with Gasteiger partial charge in [-0.2, -0.15) is 0 Å². The molecule has 4 heteroatoms. The molecular weight excluding hydrogens is 371 g/mol.